The van der Waals surface area contributed by atoms with E-state index in [9.17, 15) is 13.2 Å². The van der Waals surface area contributed by atoms with Gasteiger partial charge in [-0.25, -0.2) is 18.6 Å². The smallest absolute Gasteiger partial charge is 0.250 e. The molecule has 1 amide bonds. The first-order valence-electron chi connectivity index (χ1n) is 9.13. The summed E-state index contributed by atoms with van der Waals surface area (Å²) >= 11 is 7.22. The third kappa shape index (κ3) is 7.81. The topological polar surface area (TPSA) is 87.6 Å². The fourth-order valence-electron chi connectivity index (χ4n) is 2.26. The van der Waals surface area contributed by atoms with Crippen molar-refractivity contribution in [2.45, 2.75) is 36.5 Å². The minimum Gasteiger partial charge on any atom is -0.272 e. The van der Waals surface area contributed by atoms with Crippen LogP contribution in [0.2, 0.25) is 5.02 Å². The van der Waals surface area contributed by atoms with Crippen LogP contribution in [0.5, 0.6) is 0 Å². The lowest BCUT2D eigenvalue weighted by atomic mass is 10.1. The van der Waals surface area contributed by atoms with Gasteiger partial charge in [-0.3, -0.25) is 4.79 Å². The van der Waals surface area contributed by atoms with Gasteiger partial charge in [0.15, 0.2) is 0 Å². The van der Waals surface area contributed by atoms with Crippen molar-refractivity contribution in [2.24, 2.45) is 5.10 Å². The third-order valence-corrected chi connectivity index (χ3v) is 6.68. The highest BCUT2D eigenvalue weighted by Gasteiger charge is 2.13. The highest BCUT2D eigenvalue weighted by atomic mass is 35.5. The summed E-state index contributed by atoms with van der Waals surface area (Å²) in [6, 6.07) is 13.6. The van der Waals surface area contributed by atoms with E-state index in [1.807, 2.05) is 19.1 Å². The number of hydrogen-bond acceptors (Lipinski definition) is 5. The molecule has 0 saturated heterocycles. The summed E-state index contributed by atoms with van der Waals surface area (Å²) < 4.78 is 27.0. The molecule has 29 heavy (non-hydrogen) atoms. The standard InChI is InChI=1S/C20H24ClN3O3S2/c1-3-4-13-22-29(26,27)19-11-5-16(6-12-19)15(2)23-24-20(25)14-28-18-9-7-17(21)8-10-18/h5-12,22H,3-4,13-14H2,1-2H3,(H,24,25)/b23-15+. The molecule has 9 heteroatoms. The van der Waals surface area contributed by atoms with Crippen LogP contribution in [0.3, 0.4) is 0 Å². The van der Waals surface area contributed by atoms with E-state index in [2.05, 4.69) is 15.2 Å². The number of rotatable bonds is 10. The van der Waals surface area contributed by atoms with Crippen LogP contribution in [0.4, 0.5) is 0 Å². The molecule has 0 aliphatic rings. The highest BCUT2D eigenvalue weighted by Crippen LogP contribution is 2.20. The Morgan fingerprint density at radius 3 is 2.38 bits per heavy atom. The van der Waals surface area contributed by atoms with Gasteiger partial charge in [-0.05, 0) is 55.3 Å². The SMILES string of the molecule is CCCCNS(=O)(=O)c1ccc(/C(C)=N/NC(=O)CSc2ccc(Cl)cc2)cc1. The summed E-state index contributed by atoms with van der Waals surface area (Å²) in [5.74, 6) is -0.0115. The molecule has 2 rings (SSSR count). The van der Waals surface area contributed by atoms with Crippen molar-refractivity contribution in [3.05, 3.63) is 59.1 Å². The highest BCUT2D eigenvalue weighted by molar-refractivity contribution is 8.00. The predicted molar refractivity (Wildman–Crippen MR) is 119 cm³/mol. The van der Waals surface area contributed by atoms with E-state index in [4.69, 9.17) is 11.6 Å². The lowest BCUT2D eigenvalue weighted by Crippen LogP contribution is -2.24. The van der Waals surface area contributed by atoms with E-state index in [0.717, 1.165) is 23.3 Å². The van der Waals surface area contributed by atoms with E-state index in [0.29, 0.717) is 17.3 Å². The number of nitrogens with zero attached hydrogens (tertiary/aromatic N) is 1. The van der Waals surface area contributed by atoms with Gasteiger partial charge >= 0.3 is 0 Å². The average molecular weight is 454 g/mol. The molecule has 0 saturated carbocycles. The number of hydrogen-bond donors (Lipinski definition) is 2. The zero-order valence-corrected chi connectivity index (χ0v) is 18.7. The molecule has 2 aromatic carbocycles. The maximum atomic E-state index is 12.2. The van der Waals surface area contributed by atoms with Crippen LogP contribution in [0, 0.1) is 0 Å². The Bertz CT molecular complexity index is 944. The Hall–Kier alpha value is -1.87. The largest absolute Gasteiger partial charge is 0.272 e. The van der Waals surface area contributed by atoms with Gasteiger partial charge in [-0.2, -0.15) is 5.10 Å². The number of unbranched alkanes of at least 4 members (excludes halogenated alkanes) is 1. The normalized spacial score (nSPS) is 12.0. The van der Waals surface area contributed by atoms with Crippen LogP contribution in [0.25, 0.3) is 0 Å². The summed E-state index contributed by atoms with van der Waals surface area (Å²) in [4.78, 5) is 13.1. The zero-order chi connectivity index (χ0) is 21.3. The molecule has 0 unspecified atom stereocenters. The van der Waals surface area contributed by atoms with Gasteiger partial charge in [-0.15, -0.1) is 11.8 Å². The Kier molecular flexibility index (Phi) is 9.16. The molecule has 0 heterocycles. The molecule has 0 bridgehead atoms. The lowest BCUT2D eigenvalue weighted by molar-refractivity contribution is -0.118. The van der Waals surface area contributed by atoms with Gasteiger partial charge < -0.3 is 0 Å². The second kappa shape index (κ2) is 11.3. The van der Waals surface area contributed by atoms with E-state index >= 15 is 0 Å². The Labute approximate surface area is 181 Å². The van der Waals surface area contributed by atoms with Gasteiger partial charge in [0.2, 0.25) is 15.9 Å². The molecule has 6 nitrogen and oxygen atoms in total. The Morgan fingerprint density at radius 1 is 1.10 bits per heavy atom. The first kappa shape index (κ1) is 23.4. The molecule has 0 atom stereocenters. The monoisotopic (exact) mass is 453 g/mol. The number of carbonyl (C=O) groups excluding carboxylic acids is 1. The minimum absolute atomic E-state index is 0.202. The van der Waals surface area contributed by atoms with Crippen LogP contribution in [0.1, 0.15) is 32.3 Å². The van der Waals surface area contributed by atoms with Gasteiger partial charge in [0.1, 0.15) is 0 Å². The van der Waals surface area contributed by atoms with E-state index in [1.54, 1.807) is 31.2 Å². The van der Waals surface area contributed by atoms with Crippen molar-refractivity contribution in [2.75, 3.05) is 12.3 Å². The van der Waals surface area contributed by atoms with Crippen molar-refractivity contribution < 1.29 is 13.2 Å². The molecule has 0 spiro atoms. The third-order valence-electron chi connectivity index (χ3n) is 3.94. The molecule has 2 N–H and O–H groups in total. The number of halogens is 1. The Morgan fingerprint density at radius 2 is 1.76 bits per heavy atom. The van der Waals surface area contributed by atoms with Crippen molar-refractivity contribution in [1.29, 1.82) is 0 Å². The number of carbonyl (C=O) groups is 1. The maximum Gasteiger partial charge on any atom is 0.250 e. The fourth-order valence-corrected chi connectivity index (χ4v) is 4.16. The molecule has 0 aliphatic heterocycles. The van der Waals surface area contributed by atoms with Crippen molar-refractivity contribution in [3.8, 4) is 0 Å². The second-order valence-corrected chi connectivity index (χ2v) is 9.50. The number of amides is 1. The van der Waals surface area contributed by atoms with Crippen LogP contribution >= 0.6 is 23.4 Å². The first-order valence-corrected chi connectivity index (χ1v) is 12.0. The van der Waals surface area contributed by atoms with Crippen molar-refractivity contribution in [1.82, 2.24) is 10.1 Å². The van der Waals surface area contributed by atoms with E-state index in [-0.39, 0.29) is 16.6 Å². The molecular weight excluding hydrogens is 430 g/mol. The summed E-state index contributed by atoms with van der Waals surface area (Å²) in [5.41, 5.74) is 3.82. The van der Waals surface area contributed by atoms with Gasteiger partial charge in [0.05, 0.1) is 16.4 Å². The fraction of sp³-hybridized carbons (Fsp3) is 0.300. The molecule has 0 radical (unpaired) electrons. The van der Waals surface area contributed by atoms with Crippen LogP contribution in [-0.4, -0.2) is 32.3 Å². The molecule has 2 aromatic rings. The van der Waals surface area contributed by atoms with Gasteiger partial charge in [-0.1, -0.05) is 37.1 Å². The van der Waals surface area contributed by atoms with Crippen molar-refractivity contribution in [3.63, 3.8) is 0 Å². The number of sulfonamides is 1. The average Bonchev–Trinajstić information content (AvgIpc) is 2.71. The number of hydrazone groups is 1. The zero-order valence-electron chi connectivity index (χ0n) is 16.3. The lowest BCUT2D eigenvalue weighted by Gasteiger charge is -2.07. The van der Waals surface area contributed by atoms with Crippen LogP contribution < -0.4 is 10.1 Å². The second-order valence-electron chi connectivity index (χ2n) is 6.25. The number of benzene rings is 2. The van der Waals surface area contributed by atoms with E-state index in [1.165, 1.54) is 23.9 Å². The summed E-state index contributed by atoms with van der Waals surface area (Å²) in [6.45, 7) is 4.16. The molecule has 0 aromatic heterocycles. The summed E-state index contributed by atoms with van der Waals surface area (Å²) in [5, 5.41) is 4.74. The van der Waals surface area contributed by atoms with Crippen LogP contribution in [-0.2, 0) is 14.8 Å². The summed E-state index contributed by atoms with van der Waals surface area (Å²) in [6.07, 6.45) is 1.71. The number of nitrogens with one attached hydrogen (secondary N) is 2. The molecule has 0 fully saturated rings. The summed E-state index contributed by atoms with van der Waals surface area (Å²) in [7, 11) is -3.51. The van der Waals surface area contributed by atoms with Gasteiger partial charge in [0.25, 0.3) is 0 Å². The quantitative estimate of drug-likeness (QED) is 0.246. The van der Waals surface area contributed by atoms with Gasteiger partial charge in [0, 0.05) is 16.5 Å². The van der Waals surface area contributed by atoms with E-state index < -0.39 is 10.0 Å². The molecule has 156 valence electrons. The first-order chi connectivity index (χ1) is 13.8. The molecule has 0 aliphatic carbocycles. The molecular formula is C20H24ClN3O3S2. The predicted octanol–water partition coefficient (Wildman–Crippen LogP) is 4.05. The minimum atomic E-state index is -3.51. The van der Waals surface area contributed by atoms with Crippen molar-refractivity contribution >= 4 is 45.0 Å². The van der Waals surface area contributed by atoms with Crippen LogP contribution in [0.15, 0.2) is 63.4 Å². The maximum absolute atomic E-state index is 12.2. The Balaban J connectivity index is 1.90. The number of thioether (sulfide) groups is 1.